The van der Waals surface area contributed by atoms with E-state index in [1.165, 1.54) is 12.8 Å². The van der Waals surface area contributed by atoms with Crippen LogP contribution in [0.3, 0.4) is 0 Å². The highest BCUT2D eigenvalue weighted by atomic mass is 16.7. The summed E-state index contributed by atoms with van der Waals surface area (Å²) >= 11 is 0. The van der Waals surface area contributed by atoms with E-state index in [1.54, 1.807) is 0 Å². The molecule has 1 heterocycles. The number of rotatable bonds is 4. The lowest BCUT2D eigenvalue weighted by atomic mass is 9.95. The van der Waals surface area contributed by atoms with Gasteiger partial charge < -0.3 is 4.90 Å². The Morgan fingerprint density at radius 3 is 2.25 bits per heavy atom. The van der Waals surface area contributed by atoms with Crippen LogP contribution in [0, 0.1) is 11.8 Å². The van der Waals surface area contributed by atoms with Crippen molar-refractivity contribution < 1.29 is 14.4 Å². The van der Waals surface area contributed by atoms with E-state index in [0.717, 1.165) is 25.7 Å². The lowest BCUT2D eigenvalue weighted by Gasteiger charge is -2.32. The Hall–Kier alpha value is -1.10. The fourth-order valence-corrected chi connectivity index (χ4v) is 2.96. The van der Waals surface area contributed by atoms with Crippen LogP contribution in [0.4, 0.5) is 0 Å². The number of carbonyl (C=O) groups excluding carboxylic acids is 2. The molecule has 1 saturated carbocycles. The van der Waals surface area contributed by atoms with Gasteiger partial charge in [-0.15, -0.1) is 0 Å². The summed E-state index contributed by atoms with van der Waals surface area (Å²) in [4.78, 5) is 31.2. The number of carbonyl (C=O) groups is 2. The minimum absolute atomic E-state index is 0.0199. The summed E-state index contributed by atoms with van der Waals surface area (Å²) < 4.78 is 0. The van der Waals surface area contributed by atoms with Gasteiger partial charge in [0.2, 0.25) is 11.8 Å². The minimum atomic E-state index is -0.0207. The van der Waals surface area contributed by atoms with Gasteiger partial charge in [-0.3, -0.25) is 14.4 Å². The van der Waals surface area contributed by atoms with Crippen LogP contribution in [0.15, 0.2) is 0 Å². The Balaban J connectivity index is 1.70. The molecule has 0 aromatic rings. The maximum Gasteiger partial charge on any atom is 0.246 e. The number of piperidine rings is 1. The number of likely N-dealkylation sites (tertiary alicyclic amines) is 1. The molecule has 0 bridgehead atoms. The summed E-state index contributed by atoms with van der Waals surface area (Å²) in [6.07, 6.45) is 6.13. The molecule has 0 spiro atoms. The van der Waals surface area contributed by atoms with Crippen LogP contribution < -0.4 is 5.48 Å². The Morgan fingerprint density at radius 2 is 1.70 bits per heavy atom. The Kier molecular flexibility index (Phi) is 5.40. The summed E-state index contributed by atoms with van der Waals surface area (Å²) in [5, 5.41) is 0. The van der Waals surface area contributed by atoms with Crippen molar-refractivity contribution in [3.63, 3.8) is 0 Å². The highest BCUT2D eigenvalue weighted by molar-refractivity contribution is 5.80. The predicted octanol–water partition coefficient (Wildman–Crippen LogP) is 1.87. The minimum Gasteiger partial charge on any atom is -0.342 e. The molecule has 0 radical (unpaired) electrons. The topological polar surface area (TPSA) is 58.6 Å². The first-order valence-electron chi connectivity index (χ1n) is 7.82. The van der Waals surface area contributed by atoms with E-state index in [-0.39, 0.29) is 29.8 Å². The molecule has 5 heteroatoms. The molecule has 114 valence electrons. The summed E-state index contributed by atoms with van der Waals surface area (Å²) in [7, 11) is 0. The van der Waals surface area contributed by atoms with Gasteiger partial charge in [-0.1, -0.05) is 26.7 Å². The number of amides is 2. The molecule has 2 rings (SSSR count). The van der Waals surface area contributed by atoms with Crippen LogP contribution in [0.25, 0.3) is 0 Å². The Labute approximate surface area is 121 Å². The molecule has 0 aromatic heterocycles. The zero-order chi connectivity index (χ0) is 14.5. The maximum absolute atomic E-state index is 12.0. The number of nitrogens with one attached hydrogen (secondary N) is 1. The third-order valence-electron chi connectivity index (χ3n) is 4.30. The summed E-state index contributed by atoms with van der Waals surface area (Å²) in [6, 6.07) is 0. The zero-order valence-electron chi connectivity index (χ0n) is 12.6. The fourth-order valence-electron chi connectivity index (χ4n) is 2.96. The number of hydroxylamine groups is 1. The Morgan fingerprint density at radius 1 is 1.10 bits per heavy atom. The van der Waals surface area contributed by atoms with Crippen molar-refractivity contribution in [3.8, 4) is 0 Å². The van der Waals surface area contributed by atoms with Crippen molar-refractivity contribution in [2.24, 2.45) is 11.8 Å². The van der Waals surface area contributed by atoms with Gasteiger partial charge in [0.25, 0.3) is 0 Å². The highest BCUT2D eigenvalue weighted by Gasteiger charge is 2.29. The first-order valence-corrected chi connectivity index (χ1v) is 7.82. The van der Waals surface area contributed by atoms with E-state index in [0.29, 0.717) is 13.1 Å². The van der Waals surface area contributed by atoms with Crippen LogP contribution >= 0.6 is 0 Å². The molecular weight excluding hydrogens is 256 g/mol. The van der Waals surface area contributed by atoms with Gasteiger partial charge >= 0.3 is 0 Å². The monoisotopic (exact) mass is 282 g/mol. The first kappa shape index (κ1) is 15.3. The normalized spacial score (nSPS) is 21.4. The van der Waals surface area contributed by atoms with Crippen molar-refractivity contribution in [2.45, 2.75) is 58.5 Å². The van der Waals surface area contributed by atoms with Gasteiger partial charge in [0.15, 0.2) is 0 Å². The molecule has 0 unspecified atom stereocenters. The van der Waals surface area contributed by atoms with Gasteiger partial charge in [-0.25, -0.2) is 5.48 Å². The summed E-state index contributed by atoms with van der Waals surface area (Å²) in [5.41, 5.74) is 2.62. The van der Waals surface area contributed by atoms with Crippen molar-refractivity contribution in [1.82, 2.24) is 10.4 Å². The largest absolute Gasteiger partial charge is 0.342 e. The molecule has 0 aromatic carbocycles. The second kappa shape index (κ2) is 7.07. The van der Waals surface area contributed by atoms with Crippen molar-refractivity contribution in [1.29, 1.82) is 0 Å². The van der Waals surface area contributed by atoms with Crippen LogP contribution in [0.2, 0.25) is 0 Å². The molecular formula is C15H26N2O3. The van der Waals surface area contributed by atoms with Gasteiger partial charge in [-0.2, -0.15) is 0 Å². The second-order valence-corrected chi connectivity index (χ2v) is 6.24. The SMILES string of the molecule is CC(C)C(=O)N1CCC(C(=O)NOC2CCCC2)CC1. The van der Waals surface area contributed by atoms with Crippen molar-refractivity contribution in [2.75, 3.05) is 13.1 Å². The fraction of sp³-hybridized carbons (Fsp3) is 0.867. The molecule has 1 aliphatic carbocycles. The molecule has 2 aliphatic rings. The van der Waals surface area contributed by atoms with Crippen LogP contribution in [-0.2, 0) is 14.4 Å². The van der Waals surface area contributed by atoms with E-state index in [2.05, 4.69) is 5.48 Å². The summed E-state index contributed by atoms with van der Waals surface area (Å²) in [5.74, 6) is 0.179. The molecule has 2 amide bonds. The molecule has 5 nitrogen and oxygen atoms in total. The van der Waals surface area contributed by atoms with Gasteiger partial charge in [0.1, 0.15) is 0 Å². The Bertz CT molecular complexity index is 343. The molecule has 0 atom stereocenters. The van der Waals surface area contributed by atoms with E-state index in [4.69, 9.17) is 4.84 Å². The maximum atomic E-state index is 12.0. The lowest BCUT2D eigenvalue weighted by molar-refractivity contribution is -0.146. The lowest BCUT2D eigenvalue weighted by Crippen LogP contribution is -2.44. The van der Waals surface area contributed by atoms with Gasteiger partial charge in [0, 0.05) is 24.9 Å². The second-order valence-electron chi connectivity index (χ2n) is 6.24. The summed E-state index contributed by atoms with van der Waals surface area (Å²) in [6.45, 7) is 5.18. The standard InChI is InChI=1S/C15H26N2O3/c1-11(2)15(19)17-9-7-12(8-10-17)14(18)16-20-13-5-3-4-6-13/h11-13H,3-10H2,1-2H3,(H,16,18). The van der Waals surface area contributed by atoms with Gasteiger partial charge in [0.05, 0.1) is 6.10 Å². The molecule has 20 heavy (non-hydrogen) atoms. The van der Waals surface area contributed by atoms with Gasteiger partial charge in [-0.05, 0) is 25.7 Å². The molecule has 2 fully saturated rings. The number of hydrogen-bond acceptors (Lipinski definition) is 3. The average molecular weight is 282 g/mol. The highest BCUT2D eigenvalue weighted by Crippen LogP contribution is 2.21. The molecule has 1 aliphatic heterocycles. The first-order chi connectivity index (χ1) is 9.58. The van der Waals surface area contributed by atoms with E-state index >= 15 is 0 Å². The molecule has 1 N–H and O–H groups in total. The number of hydrogen-bond donors (Lipinski definition) is 1. The van der Waals surface area contributed by atoms with Crippen LogP contribution in [0.1, 0.15) is 52.4 Å². The van der Waals surface area contributed by atoms with Crippen LogP contribution in [-0.4, -0.2) is 35.9 Å². The van der Waals surface area contributed by atoms with E-state index in [1.807, 2.05) is 18.7 Å². The molecule has 1 saturated heterocycles. The smallest absolute Gasteiger partial charge is 0.246 e. The van der Waals surface area contributed by atoms with Crippen molar-refractivity contribution in [3.05, 3.63) is 0 Å². The van der Waals surface area contributed by atoms with Crippen molar-refractivity contribution >= 4 is 11.8 Å². The van der Waals surface area contributed by atoms with E-state index < -0.39 is 0 Å². The average Bonchev–Trinajstić information content (AvgIpc) is 2.97. The predicted molar refractivity (Wildman–Crippen MR) is 75.6 cm³/mol. The van der Waals surface area contributed by atoms with E-state index in [9.17, 15) is 9.59 Å². The quantitative estimate of drug-likeness (QED) is 0.801. The third-order valence-corrected chi connectivity index (χ3v) is 4.30. The van der Waals surface area contributed by atoms with Crippen LogP contribution in [0.5, 0.6) is 0 Å². The third kappa shape index (κ3) is 3.95. The zero-order valence-corrected chi connectivity index (χ0v) is 12.6. The number of nitrogens with zero attached hydrogens (tertiary/aromatic N) is 1.